The van der Waals surface area contributed by atoms with Gasteiger partial charge in [-0.2, -0.15) is 11.8 Å². The number of sulfone groups is 1. The van der Waals surface area contributed by atoms with E-state index in [-0.39, 0.29) is 17.8 Å². The number of rotatable bonds is 4. The van der Waals surface area contributed by atoms with Crippen molar-refractivity contribution in [3.8, 4) is 0 Å². The first-order chi connectivity index (χ1) is 9.04. The molecular formula is C12H23NO4S2. The Hall–Kier alpha value is 0.180. The molecule has 0 aromatic heterocycles. The van der Waals surface area contributed by atoms with Gasteiger partial charge in [-0.25, -0.2) is 8.42 Å². The third-order valence-electron chi connectivity index (χ3n) is 3.91. The molecule has 0 aromatic carbocycles. The Labute approximate surface area is 119 Å². The average molecular weight is 309 g/mol. The first-order valence-corrected chi connectivity index (χ1v) is 9.70. The summed E-state index contributed by atoms with van der Waals surface area (Å²) in [5.74, 6) is 1.81. The van der Waals surface area contributed by atoms with E-state index in [1.165, 1.54) is 0 Å². The molecule has 3 unspecified atom stereocenters. The molecule has 0 aromatic rings. The van der Waals surface area contributed by atoms with E-state index in [2.05, 4.69) is 0 Å². The zero-order chi connectivity index (χ0) is 13.9. The second-order valence-corrected chi connectivity index (χ2v) is 8.76. The van der Waals surface area contributed by atoms with Crippen molar-refractivity contribution in [3.63, 3.8) is 0 Å². The Morgan fingerprint density at radius 3 is 2.95 bits per heavy atom. The monoisotopic (exact) mass is 309 g/mol. The van der Waals surface area contributed by atoms with Crippen LogP contribution in [0.4, 0.5) is 0 Å². The fourth-order valence-corrected chi connectivity index (χ4v) is 5.70. The van der Waals surface area contributed by atoms with Crippen LogP contribution in [0.15, 0.2) is 0 Å². The van der Waals surface area contributed by atoms with E-state index in [4.69, 9.17) is 4.74 Å². The summed E-state index contributed by atoms with van der Waals surface area (Å²) in [6.07, 6.45) is 0.284. The van der Waals surface area contributed by atoms with Crippen LogP contribution in [0.2, 0.25) is 0 Å². The molecule has 112 valence electrons. The molecule has 19 heavy (non-hydrogen) atoms. The highest BCUT2D eigenvalue weighted by Gasteiger charge is 2.35. The van der Waals surface area contributed by atoms with Crippen LogP contribution in [-0.4, -0.2) is 73.5 Å². The van der Waals surface area contributed by atoms with Gasteiger partial charge in [-0.1, -0.05) is 6.92 Å². The standard InChI is InChI=1S/C12H23NO4S2/c1-2-19(15,16)12-9-18-6-4-13(12)7-10-8-17-5-3-11(10)14/h10-12,14H,2-9H2,1H3. The molecule has 0 amide bonds. The van der Waals surface area contributed by atoms with Crippen LogP contribution >= 0.6 is 11.8 Å². The van der Waals surface area contributed by atoms with E-state index in [9.17, 15) is 13.5 Å². The van der Waals surface area contributed by atoms with Crippen LogP contribution in [-0.2, 0) is 14.6 Å². The molecule has 2 heterocycles. The van der Waals surface area contributed by atoms with Gasteiger partial charge in [0.05, 0.1) is 12.7 Å². The molecule has 7 heteroatoms. The quantitative estimate of drug-likeness (QED) is 0.800. The van der Waals surface area contributed by atoms with E-state index in [1.807, 2.05) is 4.90 Å². The summed E-state index contributed by atoms with van der Waals surface area (Å²) in [4.78, 5) is 2.03. The topological polar surface area (TPSA) is 66.8 Å². The molecule has 2 fully saturated rings. The lowest BCUT2D eigenvalue weighted by molar-refractivity contribution is -0.0469. The van der Waals surface area contributed by atoms with Gasteiger partial charge in [-0.05, 0) is 6.42 Å². The molecule has 2 rings (SSSR count). The summed E-state index contributed by atoms with van der Waals surface area (Å²) < 4.78 is 29.7. The van der Waals surface area contributed by atoms with Gasteiger partial charge in [0.15, 0.2) is 9.84 Å². The predicted octanol–water partition coefficient (Wildman–Crippen LogP) is 0.193. The van der Waals surface area contributed by atoms with Crippen molar-refractivity contribution in [2.45, 2.75) is 24.8 Å². The van der Waals surface area contributed by atoms with Gasteiger partial charge < -0.3 is 9.84 Å². The largest absolute Gasteiger partial charge is 0.393 e. The molecule has 0 saturated carbocycles. The lowest BCUT2D eigenvalue weighted by atomic mass is 9.98. The van der Waals surface area contributed by atoms with Crippen LogP contribution in [0.5, 0.6) is 0 Å². The Morgan fingerprint density at radius 1 is 1.47 bits per heavy atom. The fraction of sp³-hybridized carbons (Fsp3) is 1.00. The lowest BCUT2D eigenvalue weighted by Crippen LogP contribution is -2.52. The number of hydrogen-bond donors (Lipinski definition) is 1. The zero-order valence-electron chi connectivity index (χ0n) is 11.3. The number of hydrogen-bond acceptors (Lipinski definition) is 6. The van der Waals surface area contributed by atoms with E-state index in [1.54, 1.807) is 18.7 Å². The van der Waals surface area contributed by atoms with Crippen molar-refractivity contribution in [2.24, 2.45) is 5.92 Å². The lowest BCUT2D eigenvalue weighted by Gasteiger charge is -2.39. The van der Waals surface area contributed by atoms with E-state index >= 15 is 0 Å². The zero-order valence-corrected chi connectivity index (χ0v) is 13.0. The van der Waals surface area contributed by atoms with E-state index < -0.39 is 15.2 Å². The molecule has 3 atom stereocenters. The minimum absolute atomic E-state index is 0.0337. The van der Waals surface area contributed by atoms with Gasteiger partial charge in [0, 0.05) is 42.9 Å². The van der Waals surface area contributed by atoms with Crippen LogP contribution in [0, 0.1) is 5.92 Å². The van der Waals surface area contributed by atoms with Crippen molar-refractivity contribution in [1.82, 2.24) is 4.90 Å². The molecule has 2 aliphatic heterocycles. The summed E-state index contributed by atoms with van der Waals surface area (Å²) in [5, 5.41) is 9.59. The van der Waals surface area contributed by atoms with Gasteiger partial charge in [-0.15, -0.1) is 0 Å². The first-order valence-electron chi connectivity index (χ1n) is 6.83. The number of ether oxygens (including phenoxy) is 1. The Bertz CT molecular complexity index is 387. The maximum atomic E-state index is 12.1. The molecule has 2 aliphatic rings. The van der Waals surface area contributed by atoms with Crippen molar-refractivity contribution in [3.05, 3.63) is 0 Å². The number of aliphatic hydroxyl groups excluding tert-OH is 1. The number of aliphatic hydroxyl groups is 1. The van der Waals surface area contributed by atoms with E-state index in [0.717, 1.165) is 12.3 Å². The van der Waals surface area contributed by atoms with Crippen LogP contribution in [0.1, 0.15) is 13.3 Å². The maximum Gasteiger partial charge on any atom is 0.166 e. The second-order valence-electron chi connectivity index (χ2n) is 5.17. The van der Waals surface area contributed by atoms with Crippen LogP contribution < -0.4 is 0 Å². The van der Waals surface area contributed by atoms with Crippen molar-refractivity contribution in [1.29, 1.82) is 0 Å². The molecule has 2 saturated heterocycles. The van der Waals surface area contributed by atoms with Gasteiger partial charge in [0.1, 0.15) is 5.37 Å². The van der Waals surface area contributed by atoms with Crippen LogP contribution in [0.3, 0.4) is 0 Å². The highest BCUT2D eigenvalue weighted by molar-refractivity contribution is 8.01. The van der Waals surface area contributed by atoms with Crippen molar-refractivity contribution in [2.75, 3.05) is 43.6 Å². The summed E-state index contributed by atoms with van der Waals surface area (Å²) in [6.45, 7) is 4.22. The predicted molar refractivity (Wildman–Crippen MR) is 77.1 cm³/mol. The Balaban J connectivity index is 2.03. The normalized spacial score (nSPS) is 34.3. The summed E-state index contributed by atoms with van der Waals surface area (Å²) in [7, 11) is -3.06. The maximum absolute atomic E-state index is 12.1. The summed E-state index contributed by atoms with van der Waals surface area (Å²) >= 11 is 1.70. The molecule has 0 bridgehead atoms. The number of thioether (sulfide) groups is 1. The van der Waals surface area contributed by atoms with Crippen molar-refractivity contribution >= 4 is 21.6 Å². The number of nitrogens with zero attached hydrogens (tertiary/aromatic N) is 1. The van der Waals surface area contributed by atoms with E-state index in [0.29, 0.717) is 31.9 Å². The van der Waals surface area contributed by atoms with Crippen molar-refractivity contribution < 1.29 is 18.3 Å². The Kier molecular flexibility index (Phi) is 5.54. The minimum atomic E-state index is -3.06. The smallest absolute Gasteiger partial charge is 0.166 e. The molecule has 0 radical (unpaired) electrons. The minimum Gasteiger partial charge on any atom is -0.393 e. The molecule has 0 spiro atoms. The SMILES string of the molecule is CCS(=O)(=O)C1CSCCN1CC1COCCC1O. The van der Waals surface area contributed by atoms with Gasteiger partial charge in [0.2, 0.25) is 0 Å². The molecule has 0 aliphatic carbocycles. The molecule has 5 nitrogen and oxygen atoms in total. The highest BCUT2D eigenvalue weighted by Crippen LogP contribution is 2.24. The third kappa shape index (κ3) is 3.85. The fourth-order valence-electron chi connectivity index (χ4n) is 2.61. The summed E-state index contributed by atoms with van der Waals surface area (Å²) in [5.41, 5.74) is 0. The van der Waals surface area contributed by atoms with Gasteiger partial charge >= 0.3 is 0 Å². The first kappa shape index (κ1) is 15.6. The Morgan fingerprint density at radius 2 is 2.26 bits per heavy atom. The highest BCUT2D eigenvalue weighted by atomic mass is 32.2. The molecule has 1 N–H and O–H groups in total. The molecular weight excluding hydrogens is 286 g/mol. The third-order valence-corrected chi connectivity index (χ3v) is 7.24. The average Bonchev–Trinajstić information content (AvgIpc) is 2.42. The van der Waals surface area contributed by atoms with Crippen LogP contribution in [0.25, 0.3) is 0 Å². The van der Waals surface area contributed by atoms with Gasteiger partial charge in [0.25, 0.3) is 0 Å². The summed E-state index contributed by atoms with van der Waals surface area (Å²) in [6, 6.07) is 0. The second kappa shape index (κ2) is 6.76. The van der Waals surface area contributed by atoms with Gasteiger partial charge in [-0.3, -0.25) is 4.90 Å².